The number of nitrogens with zero attached hydrogens (tertiary/aromatic N) is 2. The molecule has 1 aromatic carbocycles. The maximum Gasteiger partial charge on any atom is 0.0674 e. The molecule has 0 fully saturated rings. The van der Waals surface area contributed by atoms with Gasteiger partial charge in [0.2, 0.25) is 0 Å². The summed E-state index contributed by atoms with van der Waals surface area (Å²) in [7, 11) is 1.99. The molecule has 0 amide bonds. The lowest BCUT2D eigenvalue weighted by molar-refractivity contribution is 0.666. The largest absolute Gasteiger partial charge is 0.328 e. The van der Waals surface area contributed by atoms with Gasteiger partial charge in [0, 0.05) is 24.3 Å². The van der Waals surface area contributed by atoms with E-state index in [0.717, 1.165) is 18.5 Å². The van der Waals surface area contributed by atoms with Crippen LogP contribution in [-0.4, -0.2) is 15.8 Å². The van der Waals surface area contributed by atoms with Crippen molar-refractivity contribution in [3.05, 3.63) is 41.2 Å². The van der Waals surface area contributed by atoms with E-state index in [-0.39, 0.29) is 6.04 Å². The Morgan fingerprint density at radius 1 is 1.32 bits per heavy atom. The molecule has 3 heteroatoms. The van der Waals surface area contributed by atoms with Crippen LogP contribution < -0.4 is 5.73 Å². The number of rotatable bonds is 4. The zero-order valence-corrected chi connectivity index (χ0v) is 12.3. The molecule has 0 radical (unpaired) electrons. The second kappa shape index (κ2) is 5.57. The standard InChI is InChI=1S/C16H23N3/c1-11(17)8-9-14-6-5-7-15(10-14)16-12(2)18-19(4)13(16)3/h5-7,10-11H,8-9,17H2,1-4H3. The quantitative estimate of drug-likeness (QED) is 0.915. The van der Waals surface area contributed by atoms with Crippen molar-refractivity contribution >= 4 is 0 Å². The summed E-state index contributed by atoms with van der Waals surface area (Å²) in [5, 5.41) is 4.49. The van der Waals surface area contributed by atoms with Crippen molar-refractivity contribution in [1.29, 1.82) is 0 Å². The first kappa shape index (κ1) is 13.8. The van der Waals surface area contributed by atoms with Gasteiger partial charge in [-0.05, 0) is 44.7 Å². The van der Waals surface area contributed by atoms with Gasteiger partial charge in [0.25, 0.3) is 0 Å². The summed E-state index contributed by atoms with van der Waals surface area (Å²) in [6.07, 6.45) is 2.05. The third-order valence-electron chi connectivity index (χ3n) is 3.61. The number of hydrogen-bond acceptors (Lipinski definition) is 2. The number of nitrogens with two attached hydrogens (primary N) is 1. The normalized spacial score (nSPS) is 12.7. The number of aromatic nitrogens is 2. The molecular weight excluding hydrogens is 234 g/mol. The minimum absolute atomic E-state index is 0.255. The van der Waals surface area contributed by atoms with Crippen LogP contribution in [0.2, 0.25) is 0 Å². The van der Waals surface area contributed by atoms with Gasteiger partial charge in [-0.25, -0.2) is 0 Å². The van der Waals surface area contributed by atoms with E-state index in [1.165, 1.54) is 22.4 Å². The highest BCUT2D eigenvalue weighted by atomic mass is 15.3. The van der Waals surface area contributed by atoms with Crippen LogP contribution in [0, 0.1) is 13.8 Å². The first-order valence-corrected chi connectivity index (χ1v) is 6.84. The Morgan fingerprint density at radius 2 is 2.05 bits per heavy atom. The van der Waals surface area contributed by atoms with Crippen molar-refractivity contribution in [2.24, 2.45) is 12.8 Å². The van der Waals surface area contributed by atoms with Crippen LogP contribution >= 0.6 is 0 Å². The molecule has 0 aliphatic carbocycles. The van der Waals surface area contributed by atoms with Crippen molar-refractivity contribution in [1.82, 2.24) is 9.78 Å². The van der Waals surface area contributed by atoms with Crippen LogP contribution in [0.15, 0.2) is 24.3 Å². The van der Waals surface area contributed by atoms with E-state index >= 15 is 0 Å². The molecular formula is C16H23N3. The predicted molar refractivity (Wildman–Crippen MR) is 80.1 cm³/mol. The summed E-state index contributed by atoms with van der Waals surface area (Å²) >= 11 is 0. The summed E-state index contributed by atoms with van der Waals surface area (Å²) < 4.78 is 1.94. The zero-order chi connectivity index (χ0) is 14.0. The third-order valence-corrected chi connectivity index (χ3v) is 3.61. The molecule has 0 saturated carbocycles. The number of hydrogen-bond donors (Lipinski definition) is 1. The van der Waals surface area contributed by atoms with Crippen LogP contribution in [0.25, 0.3) is 11.1 Å². The SMILES string of the molecule is Cc1nn(C)c(C)c1-c1cccc(CCC(C)N)c1. The second-order valence-corrected chi connectivity index (χ2v) is 5.39. The average Bonchev–Trinajstić information content (AvgIpc) is 2.61. The minimum atomic E-state index is 0.255. The molecule has 0 bridgehead atoms. The highest BCUT2D eigenvalue weighted by Crippen LogP contribution is 2.27. The van der Waals surface area contributed by atoms with Crippen molar-refractivity contribution in [2.45, 2.75) is 39.7 Å². The van der Waals surface area contributed by atoms with Gasteiger partial charge >= 0.3 is 0 Å². The fourth-order valence-corrected chi connectivity index (χ4v) is 2.47. The molecule has 102 valence electrons. The molecule has 0 spiro atoms. The fourth-order valence-electron chi connectivity index (χ4n) is 2.47. The van der Waals surface area contributed by atoms with Crippen molar-refractivity contribution in [3.63, 3.8) is 0 Å². The molecule has 2 N–H and O–H groups in total. The van der Waals surface area contributed by atoms with Gasteiger partial charge in [-0.15, -0.1) is 0 Å². The summed E-state index contributed by atoms with van der Waals surface area (Å²) in [6, 6.07) is 8.97. The Bertz CT molecular complexity index is 567. The molecule has 3 nitrogen and oxygen atoms in total. The van der Waals surface area contributed by atoms with E-state index < -0.39 is 0 Å². The fraction of sp³-hybridized carbons (Fsp3) is 0.438. The Morgan fingerprint density at radius 3 is 2.63 bits per heavy atom. The first-order chi connectivity index (χ1) is 8.99. The molecule has 0 aliphatic heterocycles. The highest BCUT2D eigenvalue weighted by Gasteiger charge is 2.11. The summed E-state index contributed by atoms with van der Waals surface area (Å²) in [4.78, 5) is 0. The monoisotopic (exact) mass is 257 g/mol. The number of benzene rings is 1. The van der Waals surface area contributed by atoms with Gasteiger partial charge in [0.15, 0.2) is 0 Å². The Labute approximate surface area is 115 Å². The molecule has 2 rings (SSSR count). The van der Waals surface area contributed by atoms with E-state index in [1.807, 2.05) is 11.7 Å². The first-order valence-electron chi connectivity index (χ1n) is 6.84. The van der Waals surface area contributed by atoms with E-state index in [1.54, 1.807) is 0 Å². The van der Waals surface area contributed by atoms with Crippen molar-refractivity contribution in [3.8, 4) is 11.1 Å². The van der Waals surface area contributed by atoms with E-state index in [0.29, 0.717) is 0 Å². The molecule has 2 aromatic rings. The predicted octanol–water partition coefficient (Wildman–Crippen LogP) is 2.98. The van der Waals surface area contributed by atoms with Crippen LogP contribution in [0.3, 0.4) is 0 Å². The van der Waals surface area contributed by atoms with E-state index in [9.17, 15) is 0 Å². The summed E-state index contributed by atoms with van der Waals surface area (Å²) in [5.41, 5.74) is 12.0. The van der Waals surface area contributed by atoms with Gasteiger partial charge in [0.05, 0.1) is 5.69 Å². The lowest BCUT2D eigenvalue weighted by atomic mass is 9.99. The lowest BCUT2D eigenvalue weighted by Gasteiger charge is -2.08. The van der Waals surface area contributed by atoms with Gasteiger partial charge in [0.1, 0.15) is 0 Å². The summed E-state index contributed by atoms with van der Waals surface area (Å²) in [5.74, 6) is 0. The van der Waals surface area contributed by atoms with Gasteiger partial charge in [-0.1, -0.05) is 24.3 Å². The Balaban J connectivity index is 2.32. The van der Waals surface area contributed by atoms with E-state index in [4.69, 9.17) is 5.73 Å². The molecule has 19 heavy (non-hydrogen) atoms. The lowest BCUT2D eigenvalue weighted by Crippen LogP contribution is -2.15. The smallest absolute Gasteiger partial charge is 0.0674 e. The maximum atomic E-state index is 5.83. The highest BCUT2D eigenvalue weighted by molar-refractivity contribution is 5.69. The Hall–Kier alpha value is -1.61. The van der Waals surface area contributed by atoms with Crippen LogP contribution in [0.4, 0.5) is 0 Å². The molecule has 1 unspecified atom stereocenters. The molecule has 0 saturated heterocycles. The Kier molecular flexibility index (Phi) is 4.05. The van der Waals surface area contributed by atoms with Crippen molar-refractivity contribution in [2.75, 3.05) is 0 Å². The minimum Gasteiger partial charge on any atom is -0.328 e. The van der Waals surface area contributed by atoms with Crippen LogP contribution in [0.5, 0.6) is 0 Å². The maximum absolute atomic E-state index is 5.83. The average molecular weight is 257 g/mol. The topological polar surface area (TPSA) is 43.8 Å². The van der Waals surface area contributed by atoms with Crippen LogP contribution in [-0.2, 0) is 13.5 Å². The summed E-state index contributed by atoms with van der Waals surface area (Å²) in [6.45, 7) is 6.24. The van der Waals surface area contributed by atoms with Crippen LogP contribution in [0.1, 0.15) is 30.3 Å². The van der Waals surface area contributed by atoms with Gasteiger partial charge < -0.3 is 5.73 Å². The molecule has 1 heterocycles. The number of aryl methyl sites for hydroxylation is 3. The molecule has 0 aliphatic rings. The van der Waals surface area contributed by atoms with Crippen molar-refractivity contribution < 1.29 is 0 Å². The molecule has 1 aromatic heterocycles. The third kappa shape index (κ3) is 3.04. The van der Waals surface area contributed by atoms with E-state index in [2.05, 4.69) is 50.1 Å². The van der Waals surface area contributed by atoms with Gasteiger partial charge in [-0.3, -0.25) is 4.68 Å². The second-order valence-electron chi connectivity index (χ2n) is 5.39. The van der Waals surface area contributed by atoms with Gasteiger partial charge in [-0.2, -0.15) is 5.10 Å². The molecule has 1 atom stereocenters. The zero-order valence-electron chi connectivity index (χ0n) is 12.3.